The van der Waals surface area contributed by atoms with E-state index in [1.807, 2.05) is 6.20 Å². The van der Waals surface area contributed by atoms with E-state index in [9.17, 15) is 0 Å². The van der Waals surface area contributed by atoms with Gasteiger partial charge in [0.25, 0.3) is 0 Å². The number of nitrogens with one attached hydrogen (secondary N) is 1. The maximum Gasteiger partial charge on any atom is 0.0753 e. The Morgan fingerprint density at radius 1 is 1.30 bits per heavy atom. The third kappa shape index (κ3) is 4.53. The van der Waals surface area contributed by atoms with Gasteiger partial charge in [0.2, 0.25) is 0 Å². The number of nitrogens with zero attached hydrogens (tertiary/aromatic N) is 3. The van der Waals surface area contributed by atoms with Crippen molar-refractivity contribution in [1.29, 1.82) is 0 Å². The van der Waals surface area contributed by atoms with Crippen LogP contribution in [-0.2, 0) is 0 Å². The molecule has 1 fully saturated rings. The predicted molar refractivity (Wildman–Crippen MR) is 82.5 cm³/mol. The summed E-state index contributed by atoms with van der Waals surface area (Å²) in [4.78, 5) is 11.2. The van der Waals surface area contributed by atoms with Crippen molar-refractivity contribution in [3.8, 4) is 0 Å². The van der Waals surface area contributed by atoms with Crippen LogP contribution < -0.4 is 5.32 Å². The summed E-state index contributed by atoms with van der Waals surface area (Å²) >= 11 is 0. The fourth-order valence-electron chi connectivity index (χ4n) is 2.95. The van der Waals surface area contributed by atoms with Gasteiger partial charge >= 0.3 is 0 Å². The normalized spacial score (nSPS) is 22.1. The van der Waals surface area contributed by atoms with Crippen molar-refractivity contribution < 1.29 is 0 Å². The molecular weight excluding hydrogens is 248 g/mol. The zero-order chi connectivity index (χ0) is 14.4. The van der Waals surface area contributed by atoms with Crippen LogP contribution in [0.4, 0.5) is 0 Å². The molecule has 112 valence electrons. The minimum atomic E-state index is 0.270. The fraction of sp³-hybridized carbons (Fsp3) is 0.750. The smallest absolute Gasteiger partial charge is 0.0753 e. The highest BCUT2D eigenvalue weighted by Crippen LogP contribution is 2.18. The number of likely N-dealkylation sites (tertiary alicyclic amines) is 1. The van der Waals surface area contributed by atoms with Gasteiger partial charge in [-0.05, 0) is 32.2 Å². The molecule has 0 bridgehead atoms. The van der Waals surface area contributed by atoms with Crippen molar-refractivity contribution in [2.45, 2.75) is 52.1 Å². The Hall–Kier alpha value is -1.00. The summed E-state index contributed by atoms with van der Waals surface area (Å²) in [5.74, 6) is 0.744. The Morgan fingerprint density at radius 3 is 2.85 bits per heavy atom. The molecule has 1 N–H and O–H groups in total. The number of rotatable bonds is 6. The van der Waals surface area contributed by atoms with Crippen LogP contribution in [0.5, 0.6) is 0 Å². The number of hydrogen-bond donors (Lipinski definition) is 1. The number of hydrogen-bond acceptors (Lipinski definition) is 4. The summed E-state index contributed by atoms with van der Waals surface area (Å²) in [6.07, 6.45) is 9.36. The lowest BCUT2D eigenvalue weighted by Crippen LogP contribution is -2.47. The number of piperidine rings is 1. The molecule has 0 amide bonds. The lowest BCUT2D eigenvalue weighted by Gasteiger charge is -2.37. The average Bonchev–Trinajstić information content (AvgIpc) is 2.46. The average molecular weight is 276 g/mol. The quantitative estimate of drug-likeness (QED) is 0.867. The van der Waals surface area contributed by atoms with Crippen molar-refractivity contribution in [3.63, 3.8) is 0 Å². The highest BCUT2D eigenvalue weighted by Gasteiger charge is 2.23. The second-order valence-corrected chi connectivity index (χ2v) is 6.30. The number of aromatic nitrogens is 2. The van der Waals surface area contributed by atoms with Crippen molar-refractivity contribution in [2.24, 2.45) is 5.92 Å². The maximum absolute atomic E-state index is 4.37. The van der Waals surface area contributed by atoms with Crippen molar-refractivity contribution in [1.82, 2.24) is 20.2 Å². The van der Waals surface area contributed by atoms with Crippen LogP contribution in [0, 0.1) is 5.92 Å². The molecule has 2 heterocycles. The van der Waals surface area contributed by atoms with Crippen LogP contribution in [0.1, 0.15) is 51.8 Å². The second kappa shape index (κ2) is 7.70. The first kappa shape index (κ1) is 15.4. The standard InChI is InChI=1S/C16H28N4/c1-13(2)12-20-9-5-4-6-15(20)10-19-14(3)16-11-17-7-8-18-16/h7-8,11,13-15,19H,4-6,9-10,12H2,1-3H3/t14-,15-/m1/s1. The van der Waals surface area contributed by atoms with Gasteiger partial charge in [0.1, 0.15) is 0 Å². The van der Waals surface area contributed by atoms with Crippen LogP contribution in [0.2, 0.25) is 0 Å². The van der Waals surface area contributed by atoms with E-state index in [0.29, 0.717) is 6.04 Å². The Morgan fingerprint density at radius 2 is 2.15 bits per heavy atom. The third-order valence-electron chi connectivity index (χ3n) is 4.04. The van der Waals surface area contributed by atoms with Crippen LogP contribution in [-0.4, -0.2) is 40.5 Å². The summed E-state index contributed by atoms with van der Waals surface area (Å²) in [7, 11) is 0. The molecule has 1 aromatic rings. The predicted octanol–water partition coefficient (Wildman–Crippen LogP) is 2.64. The Labute approximate surface area is 123 Å². The molecule has 0 spiro atoms. The Bertz CT molecular complexity index is 379. The molecule has 0 saturated carbocycles. The second-order valence-electron chi connectivity index (χ2n) is 6.30. The maximum atomic E-state index is 4.37. The van der Waals surface area contributed by atoms with E-state index in [0.717, 1.165) is 18.2 Å². The minimum Gasteiger partial charge on any atom is -0.307 e. The molecule has 1 aliphatic heterocycles. The summed E-state index contributed by atoms with van der Waals surface area (Å²) < 4.78 is 0. The van der Waals surface area contributed by atoms with E-state index >= 15 is 0 Å². The molecule has 1 aromatic heterocycles. The van der Waals surface area contributed by atoms with E-state index in [4.69, 9.17) is 0 Å². The lowest BCUT2D eigenvalue weighted by atomic mass is 10.00. The first-order valence-electron chi connectivity index (χ1n) is 7.90. The molecule has 20 heavy (non-hydrogen) atoms. The van der Waals surface area contributed by atoms with Crippen LogP contribution >= 0.6 is 0 Å². The Balaban J connectivity index is 1.84. The zero-order valence-corrected chi connectivity index (χ0v) is 13.0. The van der Waals surface area contributed by atoms with Gasteiger partial charge in [0, 0.05) is 43.8 Å². The monoisotopic (exact) mass is 276 g/mol. The van der Waals surface area contributed by atoms with Crippen molar-refractivity contribution in [3.05, 3.63) is 24.3 Å². The van der Waals surface area contributed by atoms with E-state index < -0.39 is 0 Å². The van der Waals surface area contributed by atoms with Gasteiger partial charge in [0.05, 0.1) is 5.69 Å². The van der Waals surface area contributed by atoms with Gasteiger partial charge in [-0.3, -0.25) is 14.9 Å². The fourth-order valence-corrected chi connectivity index (χ4v) is 2.95. The van der Waals surface area contributed by atoms with E-state index in [1.54, 1.807) is 12.4 Å². The lowest BCUT2D eigenvalue weighted by molar-refractivity contribution is 0.127. The van der Waals surface area contributed by atoms with Crippen LogP contribution in [0.3, 0.4) is 0 Å². The molecule has 2 atom stereocenters. The molecule has 0 unspecified atom stereocenters. The van der Waals surface area contributed by atoms with Gasteiger partial charge in [0.15, 0.2) is 0 Å². The third-order valence-corrected chi connectivity index (χ3v) is 4.04. The van der Waals surface area contributed by atoms with Gasteiger partial charge in [-0.15, -0.1) is 0 Å². The topological polar surface area (TPSA) is 41.0 Å². The molecule has 4 nitrogen and oxygen atoms in total. The summed E-state index contributed by atoms with van der Waals surface area (Å²) in [5.41, 5.74) is 1.03. The minimum absolute atomic E-state index is 0.270. The van der Waals surface area contributed by atoms with Crippen molar-refractivity contribution >= 4 is 0 Å². The van der Waals surface area contributed by atoms with Gasteiger partial charge in [-0.1, -0.05) is 20.3 Å². The van der Waals surface area contributed by atoms with Crippen LogP contribution in [0.25, 0.3) is 0 Å². The molecule has 0 aromatic carbocycles. The highest BCUT2D eigenvalue weighted by molar-refractivity contribution is 5.00. The molecular formula is C16H28N4. The van der Waals surface area contributed by atoms with E-state index in [2.05, 4.69) is 41.0 Å². The van der Waals surface area contributed by atoms with E-state index in [1.165, 1.54) is 32.4 Å². The summed E-state index contributed by atoms with van der Waals surface area (Å²) in [6, 6.07) is 0.941. The van der Waals surface area contributed by atoms with Crippen molar-refractivity contribution in [2.75, 3.05) is 19.6 Å². The van der Waals surface area contributed by atoms with Gasteiger partial charge < -0.3 is 5.32 Å². The molecule has 2 rings (SSSR count). The first-order chi connectivity index (χ1) is 9.66. The molecule has 4 heteroatoms. The molecule has 0 aliphatic carbocycles. The van der Waals surface area contributed by atoms with Gasteiger partial charge in [-0.25, -0.2) is 0 Å². The van der Waals surface area contributed by atoms with Crippen LogP contribution in [0.15, 0.2) is 18.6 Å². The molecule has 1 saturated heterocycles. The summed E-state index contributed by atoms with van der Waals surface area (Å²) in [6.45, 7) is 10.3. The zero-order valence-electron chi connectivity index (χ0n) is 13.0. The first-order valence-corrected chi connectivity index (χ1v) is 7.90. The highest BCUT2D eigenvalue weighted by atomic mass is 15.2. The molecule has 1 aliphatic rings. The van der Waals surface area contributed by atoms with Gasteiger partial charge in [-0.2, -0.15) is 0 Å². The molecule has 0 radical (unpaired) electrons. The summed E-state index contributed by atoms with van der Waals surface area (Å²) in [5, 5.41) is 3.63. The largest absolute Gasteiger partial charge is 0.307 e. The SMILES string of the molecule is CC(C)CN1CCCC[C@@H]1CN[C@H](C)c1cnccn1. The Kier molecular flexibility index (Phi) is 5.92. The van der Waals surface area contributed by atoms with E-state index in [-0.39, 0.29) is 6.04 Å².